The first-order valence-electron chi connectivity index (χ1n) is 5.92. The minimum atomic E-state index is 0.380. The molecule has 13 heavy (non-hydrogen) atoms. The van der Waals surface area contributed by atoms with Crippen LogP contribution in [-0.4, -0.2) is 7.85 Å². The largest absolute Gasteiger partial charge is 0.0799 e. The van der Waals surface area contributed by atoms with E-state index in [1.807, 2.05) is 0 Å². The summed E-state index contributed by atoms with van der Waals surface area (Å²) in [5, 5.41) is 0. The van der Waals surface area contributed by atoms with E-state index in [-0.39, 0.29) is 0 Å². The van der Waals surface area contributed by atoms with Crippen LogP contribution in [0, 0.1) is 5.92 Å². The summed E-state index contributed by atoms with van der Waals surface area (Å²) in [6.07, 6.45) is 9.53. The topological polar surface area (TPSA) is 0 Å². The minimum Gasteiger partial charge on any atom is -0.0799 e. The highest BCUT2D eigenvalue weighted by molar-refractivity contribution is 6.11. The zero-order valence-electron chi connectivity index (χ0n) is 9.68. The van der Waals surface area contributed by atoms with Crippen LogP contribution in [0.25, 0.3) is 0 Å². The molecule has 0 saturated heterocycles. The van der Waals surface area contributed by atoms with Crippen molar-refractivity contribution in [1.82, 2.24) is 0 Å². The van der Waals surface area contributed by atoms with E-state index in [9.17, 15) is 0 Å². The zero-order chi connectivity index (χ0) is 10.1. The van der Waals surface area contributed by atoms with Crippen molar-refractivity contribution in [1.29, 1.82) is 0 Å². The van der Waals surface area contributed by atoms with E-state index in [1.165, 1.54) is 44.9 Å². The maximum absolute atomic E-state index is 5.75. The summed E-state index contributed by atoms with van der Waals surface area (Å²) < 4.78 is 0. The van der Waals surface area contributed by atoms with Gasteiger partial charge in [0.05, 0.1) is 7.85 Å². The van der Waals surface area contributed by atoms with Crippen molar-refractivity contribution in [3.05, 3.63) is 0 Å². The van der Waals surface area contributed by atoms with Gasteiger partial charge in [0.25, 0.3) is 0 Å². The van der Waals surface area contributed by atoms with Gasteiger partial charge in [-0.1, -0.05) is 71.5 Å². The molecular weight excluding hydrogens is 155 g/mol. The van der Waals surface area contributed by atoms with Crippen molar-refractivity contribution in [2.45, 2.75) is 71.5 Å². The lowest BCUT2D eigenvalue weighted by atomic mass is 9.81. The van der Waals surface area contributed by atoms with Crippen LogP contribution in [0.15, 0.2) is 0 Å². The highest BCUT2D eigenvalue weighted by Crippen LogP contribution is 2.19. The molecule has 0 bridgehead atoms. The quantitative estimate of drug-likeness (QED) is 0.384. The third-order valence-electron chi connectivity index (χ3n) is 2.57. The van der Waals surface area contributed by atoms with Gasteiger partial charge in [-0.25, -0.2) is 0 Å². The van der Waals surface area contributed by atoms with E-state index in [2.05, 4.69) is 20.8 Å². The summed E-state index contributed by atoms with van der Waals surface area (Å²) in [7, 11) is 5.75. The Bertz CT molecular complexity index is 99.3. The second kappa shape index (κ2) is 8.65. The normalized spacial score (nSPS) is 15.6. The van der Waals surface area contributed by atoms with E-state index in [0.29, 0.717) is 5.82 Å². The van der Waals surface area contributed by atoms with E-state index in [4.69, 9.17) is 7.85 Å². The van der Waals surface area contributed by atoms with Crippen molar-refractivity contribution in [2.24, 2.45) is 5.92 Å². The van der Waals surface area contributed by atoms with E-state index in [1.54, 1.807) is 0 Å². The zero-order valence-corrected chi connectivity index (χ0v) is 9.68. The Morgan fingerprint density at radius 2 is 1.62 bits per heavy atom. The van der Waals surface area contributed by atoms with Gasteiger partial charge in [-0.05, 0) is 5.92 Å². The Morgan fingerprint density at radius 3 is 2.15 bits per heavy atom. The average Bonchev–Trinajstić information content (AvgIpc) is 2.02. The Labute approximate surface area is 85.9 Å². The van der Waals surface area contributed by atoms with Crippen LogP contribution in [-0.2, 0) is 0 Å². The van der Waals surface area contributed by atoms with Crippen molar-refractivity contribution in [3.8, 4) is 0 Å². The molecule has 0 aromatic heterocycles. The third kappa shape index (κ3) is 9.98. The molecule has 1 heteroatoms. The first-order valence-corrected chi connectivity index (χ1v) is 5.92. The molecule has 0 heterocycles. The molecule has 0 nitrogen and oxygen atoms in total. The van der Waals surface area contributed by atoms with Gasteiger partial charge < -0.3 is 0 Å². The lowest BCUT2D eigenvalue weighted by molar-refractivity contribution is 0.453. The smallest absolute Gasteiger partial charge is 0.0695 e. The maximum atomic E-state index is 5.75. The number of hydrogen-bond acceptors (Lipinski definition) is 0. The van der Waals surface area contributed by atoms with E-state index >= 15 is 0 Å². The Kier molecular flexibility index (Phi) is 8.70. The lowest BCUT2D eigenvalue weighted by Crippen LogP contribution is -1.98. The second-order valence-electron chi connectivity index (χ2n) is 4.52. The van der Waals surface area contributed by atoms with E-state index in [0.717, 1.165) is 5.92 Å². The van der Waals surface area contributed by atoms with Crippen LogP contribution in [0.4, 0.5) is 0 Å². The first kappa shape index (κ1) is 13.1. The molecule has 0 aliphatic rings. The predicted molar refractivity (Wildman–Crippen MR) is 62.3 cm³/mol. The molecular formula is C12H25B. The van der Waals surface area contributed by atoms with Gasteiger partial charge in [0.15, 0.2) is 0 Å². The molecule has 0 aliphatic carbocycles. The molecule has 2 unspecified atom stereocenters. The molecule has 0 fully saturated rings. The molecule has 2 atom stereocenters. The summed E-state index contributed by atoms with van der Waals surface area (Å²) >= 11 is 0. The van der Waals surface area contributed by atoms with Crippen LogP contribution in [0.1, 0.15) is 65.7 Å². The molecule has 0 saturated carbocycles. The van der Waals surface area contributed by atoms with Crippen molar-refractivity contribution in [2.75, 3.05) is 0 Å². The standard InChI is InChI=1S/C12H25B/c1-4-5-6-7-8-9-11(2)10-12(3)13/h11-12H,4-10H2,1-3H3. The highest BCUT2D eigenvalue weighted by atomic mass is 14.1. The fourth-order valence-electron chi connectivity index (χ4n) is 1.85. The highest BCUT2D eigenvalue weighted by Gasteiger charge is 2.03. The van der Waals surface area contributed by atoms with Crippen molar-refractivity contribution >= 4 is 7.85 Å². The Balaban J connectivity index is 3.12. The summed E-state index contributed by atoms with van der Waals surface area (Å²) in [5.41, 5.74) is 0. The molecule has 76 valence electrons. The number of unbranched alkanes of at least 4 members (excludes halogenated alkanes) is 4. The van der Waals surface area contributed by atoms with Crippen LogP contribution in [0.3, 0.4) is 0 Å². The lowest BCUT2D eigenvalue weighted by Gasteiger charge is -2.13. The monoisotopic (exact) mass is 180 g/mol. The van der Waals surface area contributed by atoms with Gasteiger partial charge in [-0.15, -0.1) is 0 Å². The van der Waals surface area contributed by atoms with Gasteiger partial charge >= 0.3 is 0 Å². The molecule has 0 spiro atoms. The fourth-order valence-corrected chi connectivity index (χ4v) is 1.85. The summed E-state index contributed by atoms with van der Waals surface area (Å²) in [6.45, 7) is 6.69. The summed E-state index contributed by atoms with van der Waals surface area (Å²) in [5.74, 6) is 1.20. The summed E-state index contributed by atoms with van der Waals surface area (Å²) in [4.78, 5) is 0. The maximum Gasteiger partial charge on any atom is 0.0695 e. The van der Waals surface area contributed by atoms with Gasteiger partial charge in [-0.3, -0.25) is 0 Å². The van der Waals surface area contributed by atoms with Crippen LogP contribution < -0.4 is 0 Å². The molecule has 0 rings (SSSR count). The Morgan fingerprint density at radius 1 is 1.00 bits per heavy atom. The van der Waals surface area contributed by atoms with Crippen LogP contribution in [0.2, 0.25) is 5.82 Å². The third-order valence-corrected chi connectivity index (χ3v) is 2.57. The SMILES string of the molecule is [B]C(C)CC(C)CCCCCCC. The predicted octanol–water partition coefficient (Wildman–Crippen LogP) is 4.35. The van der Waals surface area contributed by atoms with Crippen LogP contribution >= 0.6 is 0 Å². The molecule has 0 amide bonds. The van der Waals surface area contributed by atoms with Crippen LogP contribution in [0.5, 0.6) is 0 Å². The van der Waals surface area contributed by atoms with E-state index < -0.39 is 0 Å². The van der Waals surface area contributed by atoms with Gasteiger partial charge in [0.2, 0.25) is 0 Å². The van der Waals surface area contributed by atoms with Crippen molar-refractivity contribution < 1.29 is 0 Å². The summed E-state index contributed by atoms with van der Waals surface area (Å²) in [6, 6.07) is 0. The minimum absolute atomic E-state index is 0.380. The number of rotatable bonds is 8. The van der Waals surface area contributed by atoms with Gasteiger partial charge in [-0.2, -0.15) is 0 Å². The van der Waals surface area contributed by atoms with Crippen molar-refractivity contribution in [3.63, 3.8) is 0 Å². The Hall–Kier alpha value is 0.0649. The number of hydrogen-bond donors (Lipinski definition) is 0. The molecule has 0 aromatic rings. The molecule has 0 aliphatic heterocycles. The van der Waals surface area contributed by atoms with Gasteiger partial charge in [0.1, 0.15) is 0 Å². The molecule has 2 radical (unpaired) electrons. The molecule has 0 aromatic carbocycles. The molecule has 0 N–H and O–H groups in total. The second-order valence-corrected chi connectivity index (χ2v) is 4.52. The fraction of sp³-hybridized carbons (Fsp3) is 1.00. The first-order chi connectivity index (χ1) is 6.16. The van der Waals surface area contributed by atoms with Gasteiger partial charge in [0, 0.05) is 0 Å². The average molecular weight is 180 g/mol.